The quantitative estimate of drug-likeness (QED) is 0.475. The maximum atomic E-state index is 10.0. The Kier molecular flexibility index (Phi) is 5.63. The molecular weight excluding hydrogens is 152 g/mol. The summed E-state index contributed by atoms with van der Waals surface area (Å²) in [5.74, 6) is 0.238. The summed E-state index contributed by atoms with van der Waals surface area (Å²) in [5.41, 5.74) is 0. The Morgan fingerprint density at radius 3 is 2.40 bits per heavy atom. The Hall–Kier alpha value is -0.0900. The van der Waals surface area contributed by atoms with Gasteiger partial charge in [0.2, 0.25) is 0 Å². The minimum Gasteiger partial charge on any atom is -0.379 e. The first-order valence-electron chi connectivity index (χ1n) is 3.36. The number of rotatable bonds is 5. The lowest BCUT2D eigenvalue weighted by Gasteiger charge is -2.04. The van der Waals surface area contributed by atoms with E-state index < -0.39 is 10.7 Å². The van der Waals surface area contributed by atoms with Crippen molar-refractivity contribution < 1.29 is 13.2 Å². The van der Waals surface area contributed by atoms with E-state index >= 15 is 0 Å². The van der Waals surface area contributed by atoms with E-state index in [2.05, 4.69) is 0 Å². The normalized spacial score (nSPS) is 11.2. The van der Waals surface area contributed by atoms with Crippen LogP contribution in [0.5, 0.6) is 0 Å². The van der Waals surface area contributed by atoms with Crippen LogP contribution in [0.2, 0.25) is 0 Å². The standard InChI is InChI=1S/C6H14O3S/c1-6(2)9-4-3-5-10(7)8/h6,10H,3-5H2,1-2H3. The zero-order chi connectivity index (χ0) is 7.98. The molecule has 0 fully saturated rings. The van der Waals surface area contributed by atoms with Crippen LogP contribution in [0.4, 0.5) is 0 Å². The van der Waals surface area contributed by atoms with Crippen LogP contribution in [0.3, 0.4) is 0 Å². The summed E-state index contributed by atoms with van der Waals surface area (Å²) in [6, 6.07) is 0. The third kappa shape index (κ3) is 7.91. The van der Waals surface area contributed by atoms with Crippen molar-refractivity contribution in [1.82, 2.24) is 0 Å². The van der Waals surface area contributed by atoms with Crippen molar-refractivity contribution in [2.24, 2.45) is 0 Å². The maximum absolute atomic E-state index is 10.0. The van der Waals surface area contributed by atoms with Crippen molar-refractivity contribution >= 4 is 10.7 Å². The molecule has 0 unspecified atom stereocenters. The van der Waals surface area contributed by atoms with Crippen molar-refractivity contribution in [2.45, 2.75) is 26.4 Å². The van der Waals surface area contributed by atoms with Gasteiger partial charge in [-0.05, 0) is 20.3 Å². The van der Waals surface area contributed by atoms with Gasteiger partial charge >= 0.3 is 0 Å². The fraction of sp³-hybridized carbons (Fsp3) is 1.00. The third-order valence-corrected chi connectivity index (χ3v) is 1.62. The van der Waals surface area contributed by atoms with E-state index in [1.54, 1.807) is 0 Å². The van der Waals surface area contributed by atoms with Gasteiger partial charge in [-0.2, -0.15) is 0 Å². The molecule has 0 aromatic carbocycles. The van der Waals surface area contributed by atoms with Gasteiger partial charge in [-0.15, -0.1) is 0 Å². The van der Waals surface area contributed by atoms with Crippen molar-refractivity contribution in [3.63, 3.8) is 0 Å². The highest BCUT2D eigenvalue weighted by atomic mass is 32.2. The molecular formula is C6H14O3S. The van der Waals surface area contributed by atoms with E-state index in [-0.39, 0.29) is 11.9 Å². The van der Waals surface area contributed by atoms with Crippen LogP contribution in [0.15, 0.2) is 0 Å². The lowest BCUT2D eigenvalue weighted by molar-refractivity contribution is 0.0798. The van der Waals surface area contributed by atoms with Gasteiger partial charge < -0.3 is 4.74 Å². The van der Waals surface area contributed by atoms with Crippen LogP contribution >= 0.6 is 0 Å². The number of hydrogen-bond acceptors (Lipinski definition) is 3. The van der Waals surface area contributed by atoms with E-state index in [0.29, 0.717) is 13.0 Å². The second-order valence-corrected chi connectivity index (χ2v) is 3.44. The lowest BCUT2D eigenvalue weighted by Crippen LogP contribution is -2.05. The molecule has 0 aromatic heterocycles. The van der Waals surface area contributed by atoms with E-state index in [4.69, 9.17) is 4.74 Å². The van der Waals surface area contributed by atoms with Gasteiger partial charge in [-0.25, -0.2) is 8.42 Å². The van der Waals surface area contributed by atoms with E-state index in [1.165, 1.54) is 0 Å². The molecule has 62 valence electrons. The highest BCUT2D eigenvalue weighted by Gasteiger charge is 1.92. The number of hydrogen-bond donors (Lipinski definition) is 1. The molecule has 0 aliphatic rings. The van der Waals surface area contributed by atoms with Gasteiger partial charge in [0.05, 0.1) is 6.10 Å². The van der Waals surface area contributed by atoms with Crippen LogP contribution < -0.4 is 0 Å². The van der Waals surface area contributed by atoms with Crippen molar-refractivity contribution in [3.8, 4) is 0 Å². The summed E-state index contributed by atoms with van der Waals surface area (Å²) in [4.78, 5) is 0. The van der Waals surface area contributed by atoms with Gasteiger partial charge in [0.15, 0.2) is 0 Å². The zero-order valence-electron chi connectivity index (χ0n) is 6.37. The molecule has 0 heterocycles. The Morgan fingerprint density at radius 2 is 2.00 bits per heavy atom. The molecule has 0 radical (unpaired) electrons. The van der Waals surface area contributed by atoms with Crippen LogP contribution in [0, 0.1) is 0 Å². The number of ether oxygens (including phenoxy) is 1. The molecule has 0 saturated heterocycles. The van der Waals surface area contributed by atoms with Gasteiger partial charge in [0.25, 0.3) is 0 Å². The number of thiol groups is 1. The van der Waals surface area contributed by atoms with Gasteiger partial charge in [-0.3, -0.25) is 0 Å². The Balaban J connectivity index is 3.06. The second-order valence-electron chi connectivity index (χ2n) is 2.33. The largest absolute Gasteiger partial charge is 0.379 e. The Morgan fingerprint density at radius 1 is 1.40 bits per heavy atom. The summed E-state index contributed by atoms with van der Waals surface area (Å²) in [6.07, 6.45) is 0.807. The van der Waals surface area contributed by atoms with Crippen LogP contribution in [-0.2, 0) is 15.4 Å². The summed E-state index contributed by atoms with van der Waals surface area (Å²) >= 11 is 0. The summed E-state index contributed by atoms with van der Waals surface area (Å²) in [6.45, 7) is 4.40. The van der Waals surface area contributed by atoms with E-state index in [0.717, 1.165) is 0 Å². The molecule has 0 aliphatic carbocycles. The van der Waals surface area contributed by atoms with Gasteiger partial charge in [-0.1, -0.05) is 0 Å². The molecule has 10 heavy (non-hydrogen) atoms. The summed E-state index contributed by atoms with van der Waals surface area (Å²) in [7, 11) is -2.21. The van der Waals surface area contributed by atoms with E-state index in [9.17, 15) is 8.42 Å². The van der Waals surface area contributed by atoms with Crippen LogP contribution in [-0.4, -0.2) is 26.9 Å². The molecule has 4 heteroatoms. The highest BCUT2D eigenvalue weighted by molar-refractivity contribution is 7.72. The Labute approximate surface area is 63.3 Å². The molecule has 0 saturated carbocycles. The average Bonchev–Trinajstić information content (AvgIpc) is 1.79. The predicted octanol–water partition coefficient (Wildman–Crippen LogP) is 0.413. The maximum Gasteiger partial charge on any atom is 0.140 e. The third-order valence-electron chi connectivity index (χ3n) is 0.936. The first kappa shape index (κ1) is 9.91. The summed E-state index contributed by atoms with van der Waals surface area (Å²) < 4.78 is 25.2. The summed E-state index contributed by atoms with van der Waals surface area (Å²) in [5, 5.41) is 0. The molecule has 0 aromatic rings. The predicted molar refractivity (Wildman–Crippen MR) is 40.9 cm³/mol. The smallest absolute Gasteiger partial charge is 0.140 e. The second kappa shape index (κ2) is 5.68. The minimum atomic E-state index is -2.21. The van der Waals surface area contributed by atoms with Gasteiger partial charge in [0, 0.05) is 12.4 Å². The average molecular weight is 166 g/mol. The van der Waals surface area contributed by atoms with Crippen LogP contribution in [0.25, 0.3) is 0 Å². The van der Waals surface area contributed by atoms with Crippen molar-refractivity contribution in [1.29, 1.82) is 0 Å². The molecule has 0 N–H and O–H groups in total. The molecule has 0 amide bonds. The first-order chi connectivity index (χ1) is 4.63. The topological polar surface area (TPSA) is 43.4 Å². The zero-order valence-corrected chi connectivity index (χ0v) is 7.27. The minimum absolute atomic E-state index is 0.199. The first-order valence-corrected chi connectivity index (χ1v) is 4.72. The molecule has 0 aliphatic heterocycles. The van der Waals surface area contributed by atoms with Crippen LogP contribution in [0.1, 0.15) is 20.3 Å². The molecule has 3 nitrogen and oxygen atoms in total. The molecule has 0 atom stereocenters. The van der Waals surface area contributed by atoms with Crippen molar-refractivity contribution in [2.75, 3.05) is 12.4 Å². The molecule has 0 spiro atoms. The highest BCUT2D eigenvalue weighted by Crippen LogP contribution is 1.89. The lowest BCUT2D eigenvalue weighted by atomic mass is 10.4. The SMILES string of the molecule is CC(C)OCCC[SH](=O)=O. The monoisotopic (exact) mass is 166 g/mol. The van der Waals surface area contributed by atoms with Gasteiger partial charge in [0.1, 0.15) is 10.7 Å². The van der Waals surface area contributed by atoms with Crippen molar-refractivity contribution in [3.05, 3.63) is 0 Å². The molecule has 0 bridgehead atoms. The molecule has 0 rings (SSSR count). The Bertz CT molecular complexity index is 132. The fourth-order valence-corrected chi connectivity index (χ4v) is 0.900. The van der Waals surface area contributed by atoms with E-state index in [1.807, 2.05) is 13.8 Å². The fourth-order valence-electron chi connectivity index (χ4n) is 0.513.